The largest absolute Gasteiger partial charge is 0.493 e. The minimum absolute atomic E-state index is 0. The van der Waals surface area contributed by atoms with Crippen LogP contribution in [0, 0.1) is 0 Å². The maximum Gasteiger partial charge on any atom is 0.194 e. The first kappa shape index (κ1) is 27.8. The molecule has 1 fully saturated rings. The van der Waals surface area contributed by atoms with Crippen LogP contribution in [0.25, 0.3) is 0 Å². The van der Waals surface area contributed by atoms with Crippen molar-refractivity contribution < 1.29 is 18.9 Å². The maximum absolute atomic E-state index is 5.97. The van der Waals surface area contributed by atoms with E-state index in [2.05, 4.69) is 30.1 Å². The molecule has 0 amide bonds. The summed E-state index contributed by atoms with van der Waals surface area (Å²) in [6.45, 7) is 9.75. The van der Waals surface area contributed by atoms with Crippen LogP contribution in [0.2, 0.25) is 0 Å². The third-order valence-corrected chi connectivity index (χ3v) is 5.02. The number of hydrogen-bond donors (Lipinski definition) is 1. The highest BCUT2D eigenvalue weighted by Crippen LogP contribution is 2.28. The second-order valence-electron chi connectivity index (χ2n) is 7.41. The first-order valence-corrected chi connectivity index (χ1v) is 11.1. The molecule has 0 bridgehead atoms. The van der Waals surface area contributed by atoms with Crippen molar-refractivity contribution in [1.29, 1.82) is 0 Å². The Labute approximate surface area is 204 Å². The molecule has 1 saturated heterocycles. The molecular weight excluding hydrogens is 509 g/mol. The third-order valence-electron chi connectivity index (χ3n) is 5.02. The number of piperidine rings is 1. The summed E-state index contributed by atoms with van der Waals surface area (Å²) in [4.78, 5) is 7.19. The van der Waals surface area contributed by atoms with Gasteiger partial charge in [0.2, 0.25) is 0 Å². The fourth-order valence-corrected chi connectivity index (χ4v) is 3.42. The lowest BCUT2D eigenvalue weighted by Crippen LogP contribution is -2.47. The minimum atomic E-state index is 0. The monoisotopic (exact) mass is 549 g/mol. The number of nitrogens with zero attached hydrogens (tertiary/aromatic N) is 2. The van der Waals surface area contributed by atoms with Crippen LogP contribution in [-0.4, -0.2) is 70.6 Å². The van der Waals surface area contributed by atoms with Gasteiger partial charge in [0.1, 0.15) is 0 Å². The summed E-state index contributed by atoms with van der Waals surface area (Å²) in [5.74, 6) is 2.50. The van der Waals surface area contributed by atoms with Crippen molar-refractivity contribution in [3.63, 3.8) is 0 Å². The van der Waals surface area contributed by atoms with Gasteiger partial charge in [-0.25, -0.2) is 4.99 Å². The number of aliphatic imine (C=N–C) groups is 1. The Hall–Kier alpha value is -1.26. The van der Waals surface area contributed by atoms with Gasteiger partial charge in [0.05, 0.1) is 26.4 Å². The number of methoxy groups -OCH3 is 2. The van der Waals surface area contributed by atoms with E-state index in [0.717, 1.165) is 81.6 Å². The van der Waals surface area contributed by atoms with E-state index in [9.17, 15) is 0 Å². The van der Waals surface area contributed by atoms with Crippen LogP contribution < -0.4 is 14.8 Å². The number of likely N-dealkylation sites (tertiary alicyclic amines) is 1. The molecule has 1 aliphatic heterocycles. The summed E-state index contributed by atoms with van der Waals surface area (Å²) in [7, 11) is 3.40. The average molecular weight is 549 g/mol. The molecule has 0 saturated carbocycles. The van der Waals surface area contributed by atoms with E-state index in [1.54, 1.807) is 14.2 Å². The smallest absolute Gasteiger partial charge is 0.194 e. The van der Waals surface area contributed by atoms with Gasteiger partial charge < -0.3 is 29.2 Å². The Bertz CT molecular complexity index is 637. The first-order chi connectivity index (χ1) is 14.7. The van der Waals surface area contributed by atoms with Crippen molar-refractivity contribution in [3.05, 3.63) is 23.8 Å². The molecule has 1 aromatic rings. The molecule has 178 valence electrons. The second-order valence-corrected chi connectivity index (χ2v) is 7.41. The standard InChI is InChI=1S/C23H39N3O4.HI/c1-5-14-30-21-9-8-19(17-22(21)28-4)18-25-23(24-6-2)26-12-10-20(11-13-26)29-16-7-15-27-3;/h8-9,17,20H,5-7,10-16,18H2,1-4H3,(H,24,25);1H. The summed E-state index contributed by atoms with van der Waals surface area (Å²) < 4.78 is 22.3. The quantitative estimate of drug-likeness (QED) is 0.184. The number of rotatable bonds is 12. The number of benzene rings is 1. The highest BCUT2D eigenvalue weighted by molar-refractivity contribution is 14.0. The van der Waals surface area contributed by atoms with Crippen LogP contribution in [0.15, 0.2) is 23.2 Å². The van der Waals surface area contributed by atoms with Crippen molar-refractivity contribution in [2.75, 3.05) is 53.7 Å². The average Bonchev–Trinajstić information content (AvgIpc) is 2.79. The van der Waals surface area contributed by atoms with E-state index >= 15 is 0 Å². The van der Waals surface area contributed by atoms with Gasteiger partial charge in [-0.2, -0.15) is 0 Å². The lowest BCUT2D eigenvalue weighted by Gasteiger charge is -2.34. The Morgan fingerprint density at radius 1 is 1.10 bits per heavy atom. The SMILES string of the molecule is CCCOc1ccc(CN=C(NCC)N2CCC(OCCCOC)CC2)cc1OC.I. The van der Waals surface area contributed by atoms with Gasteiger partial charge in [-0.1, -0.05) is 13.0 Å². The first-order valence-electron chi connectivity index (χ1n) is 11.1. The zero-order valence-electron chi connectivity index (χ0n) is 19.5. The molecule has 0 unspecified atom stereocenters. The zero-order valence-corrected chi connectivity index (χ0v) is 21.9. The summed E-state index contributed by atoms with van der Waals surface area (Å²) in [6, 6.07) is 6.04. The molecule has 31 heavy (non-hydrogen) atoms. The van der Waals surface area contributed by atoms with Crippen LogP contribution in [0.5, 0.6) is 11.5 Å². The van der Waals surface area contributed by atoms with Gasteiger partial charge in [-0.05, 0) is 50.3 Å². The van der Waals surface area contributed by atoms with Gasteiger partial charge in [0.15, 0.2) is 17.5 Å². The summed E-state index contributed by atoms with van der Waals surface area (Å²) >= 11 is 0. The van der Waals surface area contributed by atoms with E-state index in [1.165, 1.54) is 0 Å². The molecular formula is C23H40IN3O4. The highest BCUT2D eigenvalue weighted by atomic mass is 127. The number of hydrogen-bond acceptors (Lipinski definition) is 5. The summed E-state index contributed by atoms with van der Waals surface area (Å²) in [6.07, 6.45) is 4.30. The maximum atomic E-state index is 5.97. The topological polar surface area (TPSA) is 64.6 Å². The fourth-order valence-electron chi connectivity index (χ4n) is 3.42. The molecule has 7 nitrogen and oxygen atoms in total. The minimum Gasteiger partial charge on any atom is -0.493 e. The van der Waals surface area contributed by atoms with Crippen LogP contribution in [-0.2, 0) is 16.0 Å². The van der Waals surface area contributed by atoms with Gasteiger partial charge in [-0.3, -0.25) is 0 Å². The van der Waals surface area contributed by atoms with Crippen molar-refractivity contribution in [2.24, 2.45) is 4.99 Å². The number of ether oxygens (including phenoxy) is 4. The van der Waals surface area contributed by atoms with Crippen molar-refractivity contribution >= 4 is 29.9 Å². The second kappa shape index (κ2) is 16.4. The molecule has 1 aliphatic rings. The van der Waals surface area contributed by atoms with E-state index in [-0.39, 0.29) is 24.0 Å². The van der Waals surface area contributed by atoms with Crippen LogP contribution in [0.4, 0.5) is 0 Å². The third kappa shape index (κ3) is 9.82. The molecule has 0 spiro atoms. The van der Waals surface area contributed by atoms with Gasteiger partial charge in [-0.15, -0.1) is 24.0 Å². The predicted octanol–water partition coefficient (Wildman–Crippen LogP) is 4.09. The van der Waals surface area contributed by atoms with E-state index in [1.807, 2.05) is 12.1 Å². The van der Waals surface area contributed by atoms with Crippen molar-refractivity contribution in [1.82, 2.24) is 10.2 Å². The molecule has 0 radical (unpaired) electrons. The molecule has 8 heteroatoms. The molecule has 0 aromatic heterocycles. The normalized spacial score (nSPS) is 14.8. The van der Waals surface area contributed by atoms with Crippen molar-refractivity contribution in [2.45, 2.75) is 52.2 Å². The van der Waals surface area contributed by atoms with E-state index in [4.69, 9.17) is 23.9 Å². The van der Waals surface area contributed by atoms with E-state index in [0.29, 0.717) is 19.3 Å². The highest BCUT2D eigenvalue weighted by Gasteiger charge is 2.21. The van der Waals surface area contributed by atoms with Crippen LogP contribution in [0.3, 0.4) is 0 Å². The molecule has 1 heterocycles. The number of halogens is 1. The van der Waals surface area contributed by atoms with Gasteiger partial charge in [0.25, 0.3) is 0 Å². The lowest BCUT2D eigenvalue weighted by atomic mass is 10.1. The van der Waals surface area contributed by atoms with E-state index < -0.39 is 0 Å². The van der Waals surface area contributed by atoms with Gasteiger partial charge >= 0.3 is 0 Å². The molecule has 1 aromatic carbocycles. The summed E-state index contributed by atoms with van der Waals surface area (Å²) in [5.41, 5.74) is 1.10. The zero-order chi connectivity index (χ0) is 21.6. The molecule has 0 atom stereocenters. The summed E-state index contributed by atoms with van der Waals surface area (Å²) in [5, 5.41) is 3.43. The molecule has 2 rings (SSSR count). The number of guanidine groups is 1. The Balaban J connectivity index is 0.00000480. The number of nitrogens with one attached hydrogen (secondary N) is 1. The Morgan fingerprint density at radius 3 is 2.52 bits per heavy atom. The van der Waals surface area contributed by atoms with Crippen LogP contribution >= 0.6 is 24.0 Å². The van der Waals surface area contributed by atoms with Crippen LogP contribution in [0.1, 0.15) is 45.1 Å². The lowest BCUT2D eigenvalue weighted by molar-refractivity contribution is 0.00990. The van der Waals surface area contributed by atoms with Gasteiger partial charge in [0, 0.05) is 40.0 Å². The fraction of sp³-hybridized carbons (Fsp3) is 0.696. The molecule has 1 N–H and O–H groups in total. The molecule has 0 aliphatic carbocycles. The van der Waals surface area contributed by atoms with Crippen molar-refractivity contribution in [3.8, 4) is 11.5 Å². The Kier molecular flexibility index (Phi) is 14.7. The predicted molar refractivity (Wildman–Crippen MR) is 136 cm³/mol. The Morgan fingerprint density at radius 2 is 1.87 bits per heavy atom.